The molecule has 0 aliphatic heterocycles. The van der Waals surface area contributed by atoms with E-state index in [0.29, 0.717) is 5.69 Å². The fourth-order valence-corrected chi connectivity index (χ4v) is 3.36. The molecule has 4 nitrogen and oxygen atoms in total. The van der Waals surface area contributed by atoms with Crippen molar-refractivity contribution in [3.05, 3.63) is 53.6 Å². The highest BCUT2D eigenvalue weighted by Crippen LogP contribution is 2.36. The second kappa shape index (κ2) is 6.87. The van der Waals surface area contributed by atoms with Gasteiger partial charge in [0.2, 0.25) is 0 Å². The summed E-state index contributed by atoms with van der Waals surface area (Å²) in [5, 5.41) is 8.94. The first-order chi connectivity index (χ1) is 12.3. The van der Waals surface area contributed by atoms with E-state index < -0.39 is 11.7 Å². The van der Waals surface area contributed by atoms with E-state index in [4.69, 9.17) is 5.26 Å². The van der Waals surface area contributed by atoms with E-state index in [1.165, 1.54) is 6.07 Å². The number of nitriles is 1. The Hall–Kier alpha value is -2.75. The first-order valence-corrected chi connectivity index (χ1v) is 8.33. The molecule has 0 radical (unpaired) electrons. The van der Waals surface area contributed by atoms with Crippen molar-refractivity contribution in [2.75, 3.05) is 11.9 Å². The highest BCUT2D eigenvalue weighted by molar-refractivity contribution is 5.66. The summed E-state index contributed by atoms with van der Waals surface area (Å²) < 4.78 is 41.6. The van der Waals surface area contributed by atoms with Crippen LogP contribution in [-0.4, -0.2) is 22.6 Å². The van der Waals surface area contributed by atoms with Gasteiger partial charge >= 0.3 is 6.18 Å². The van der Waals surface area contributed by atoms with Crippen LogP contribution in [0.1, 0.15) is 36.1 Å². The molecule has 1 aliphatic carbocycles. The molecule has 136 valence electrons. The molecule has 1 aromatic heterocycles. The Labute approximate surface area is 150 Å². The van der Waals surface area contributed by atoms with Gasteiger partial charge in [-0.3, -0.25) is 0 Å². The van der Waals surface area contributed by atoms with Gasteiger partial charge in [-0.1, -0.05) is 6.08 Å². The quantitative estimate of drug-likeness (QED) is 0.816. The molecule has 0 saturated heterocycles. The number of anilines is 1. The van der Waals surface area contributed by atoms with Crippen molar-refractivity contribution in [1.29, 1.82) is 5.26 Å². The monoisotopic (exact) mass is 360 g/mol. The zero-order valence-corrected chi connectivity index (χ0v) is 14.6. The van der Waals surface area contributed by atoms with Crippen molar-refractivity contribution < 1.29 is 13.2 Å². The van der Waals surface area contributed by atoms with Crippen molar-refractivity contribution in [3.63, 3.8) is 0 Å². The smallest absolute Gasteiger partial charge is 0.368 e. The summed E-state index contributed by atoms with van der Waals surface area (Å²) >= 11 is 0. The largest absolute Gasteiger partial charge is 0.417 e. The second-order valence-corrected chi connectivity index (χ2v) is 6.49. The molecular weight excluding hydrogens is 341 g/mol. The van der Waals surface area contributed by atoms with Crippen LogP contribution in [0.15, 0.2) is 36.8 Å². The van der Waals surface area contributed by atoms with Crippen LogP contribution < -0.4 is 4.90 Å². The molecule has 1 aromatic carbocycles. The number of likely N-dealkylation sites (N-methyl/N-ethyl adjacent to an activating group) is 1. The van der Waals surface area contributed by atoms with E-state index in [9.17, 15) is 13.2 Å². The van der Waals surface area contributed by atoms with Gasteiger partial charge in [-0.05, 0) is 43.0 Å². The Balaban J connectivity index is 1.93. The van der Waals surface area contributed by atoms with Crippen LogP contribution in [0.2, 0.25) is 0 Å². The lowest BCUT2D eigenvalue weighted by molar-refractivity contribution is -0.137. The first-order valence-electron chi connectivity index (χ1n) is 8.33. The Morgan fingerprint density at radius 2 is 2.12 bits per heavy atom. The summed E-state index contributed by atoms with van der Waals surface area (Å²) in [5.41, 5.74) is 1.38. The van der Waals surface area contributed by atoms with Crippen LogP contribution in [0.4, 0.5) is 18.9 Å². The van der Waals surface area contributed by atoms with Gasteiger partial charge < -0.3 is 9.47 Å². The van der Waals surface area contributed by atoms with E-state index in [1.807, 2.05) is 16.5 Å². The summed E-state index contributed by atoms with van der Waals surface area (Å²) in [6.07, 6.45) is 3.83. The van der Waals surface area contributed by atoms with Gasteiger partial charge in [0.25, 0.3) is 0 Å². The predicted octanol–water partition coefficient (Wildman–Crippen LogP) is 4.38. The molecule has 0 fully saturated rings. The van der Waals surface area contributed by atoms with Crippen LogP contribution in [0, 0.1) is 11.3 Å². The SMILES string of the molecule is CN(c1ccc(C#N)c(C(F)(F)F)c1)C1C=C(c2cncn2C)CCC1. The lowest BCUT2D eigenvalue weighted by Crippen LogP contribution is -2.32. The molecule has 3 rings (SSSR count). The zero-order valence-electron chi connectivity index (χ0n) is 14.6. The molecule has 1 aliphatic rings. The Bertz CT molecular complexity index is 874. The summed E-state index contributed by atoms with van der Waals surface area (Å²) in [5.74, 6) is 0. The van der Waals surface area contributed by atoms with Crippen LogP contribution in [0.3, 0.4) is 0 Å². The molecule has 26 heavy (non-hydrogen) atoms. The number of allylic oxidation sites excluding steroid dienone is 1. The van der Waals surface area contributed by atoms with E-state index in [0.717, 1.165) is 36.6 Å². The van der Waals surface area contributed by atoms with Gasteiger partial charge in [-0.15, -0.1) is 0 Å². The highest BCUT2D eigenvalue weighted by Gasteiger charge is 2.34. The topological polar surface area (TPSA) is 44.9 Å². The number of aryl methyl sites for hydroxylation is 1. The highest BCUT2D eigenvalue weighted by atomic mass is 19.4. The minimum atomic E-state index is -4.55. The van der Waals surface area contributed by atoms with E-state index in [-0.39, 0.29) is 11.6 Å². The molecule has 0 saturated carbocycles. The van der Waals surface area contributed by atoms with Crippen LogP contribution >= 0.6 is 0 Å². The van der Waals surface area contributed by atoms with Crippen molar-refractivity contribution in [2.24, 2.45) is 7.05 Å². The minimum absolute atomic E-state index is 0.0114. The van der Waals surface area contributed by atoms with Crippen molar-refractivity contribution in [3.8, 4) is 6.07 Å². The number of rotatable bonds is 3. The average Bonchev–Trinajstić information content (AvgIpc) is 3.06. The summed E-state index contributed by atoms with van der Waals surface area (Å²) in [6.45, 7) is 0. The Morgan fingerprint density at radius 3 is 2.73 bits per heavy atom. The van der Waals surface area contributed by atoms with Gasteiger partial charge in [0.15, 0.2) is 0 Å². The van der Waals surface area contributed by atoms with E-state index in [2.05, 4.69) is 11.1 Å². The number of hydrogen-bond donors (Lipinski definition) is 0. The average molecular weight is 360 g/mol. The van der Waals surface area contributed by atoms with Crippen molar-refractivity contribution in [2.45, 2.75) is 31.5 Å². The van der Waals surface area contributed by atoms with Gasteiger partial charge in [0.05, 0.1) is 35.4 Å². The number of nitrogens with zero attached hydrogens (tertiary/aromatic N) is 4. The molecule has 0 spiro atoms. The van der Waals surface area contributed by atoms with Crippen LogP contribution in [-0.2, 0) is 13.2 Å². The third kappa shape index (κ3) is 3.45. The second-order valence-electron chi connectivity index (χ2n) is 6.49. The van der Waals surface area contributed by atoms with Gasteiger partial charge in [0.1, 0.15) is 0 Å². The number of hydrogen-bond acceptors (Lipinski definition) is 3. The number of aromatic nitrogens is 2. The normalized spacial score (nSPS) is 17.5. The van der Waals surface area contributed by atoms with Gasteiger partial charge in [-0.25, -0.2) is 4.98 Å². The Morgan fingerprint density at radius 1 is 1.35 bits per heavy atom. The maximum absolute atomic E-state index is 13.2. The first kappa shape index (κ1) is 18.1. The number of imidazole rings is 1. The fraction of sp³-hybridized carbons (Fsp3) is 0.368. The number of benzene rings is 1. The predicted molar refractivity (Wildman–Crippen MR) is 93.4 cm³/mol. The molecule has 1 heterocycles. The van der Waals surface area contributed by atoms with Gasteiger partial charge in [-0.2, -0.15) is 18.4 Å². The molecule has 0 N–H and O–H groups in total. The standard InChI is InChI=1S/C19H19F3N4/c1-25-12-24-11-18(25)13-4-3-5-15(8-13)26(2)16-7-6-14(10-23)17(9-16)19(20,21)22/h6-9,11-12,15H,3-5H2,1-2H3. The van der Waals surface area contributed by atoms with Crippen LogP contribution in [0.25, 0.3) is 5.57 Å². The summed E-state index contributed by atoms with van der Waals surface area (Å²) in [4.78, 5) is 5.97. The maximum atomic E-state index is 13.2. The van der Waals surface area contributed by atoms with Gasteiger partial charge in [0, 0.05) is 25.8 Å². The minimum Gasteiger partial charge on any atom is -0.368 e. The summed E-state index contributed by atoms with van der Waals surface area (Å²) in [6, 6.07) is 5.48. The molecule has 1 atom stereocenters. The Kier molecular flexibility index (Phi) is 4.77. The van der Waals surface area contributed by atoms with Crippen molar-refractivity contribution in [1.82, 2.24) is 9.55 Å². The van der Waals surface area contributed by atoms with E-state index >= 15 is 0 Å². The third-order valence-electron chi connectivity index (χ3n) is 4.82. The zero-order chi connectivity index (χ0) is 18.9. The molecule has 1 unspecified atom stereocenters. The summed E-state index contributed by atoms with van der Waals surface area (Å²) in [7, 11) is 3.71. The maximum Gasteiger partial charge on any atom is 0.417 e. The molecule has 0 amide bonds. The third-order valence-corrected chi connectivity index (χ3v) is 4.82. The molecule has 2 aromatic rings. The molecule has 7 heteroatoms. The lowest BCUT2D eigenvalue weighted by Gasteiger charge is -2.32. The lowest BCUT2D eigenvalue weighted by atomic mass is 9.92. The molecular formula is C19H19F3N4. The molecule has 0 bridgehead atoms. The van der Waals surface area contributed by atoms with Crippen molar-refractivity contribution >= 4 is 11.3 Å². The number of halogens is 3. The van der Waals surface area contributed by atoms with Crippen LogP contribution in [0.5, 0.6) is 0 Å². The number of alkyl halides is 3. The van der Waals surface area contributed by atoms with E-state index in [1.54, 1.807) is 31.7 Å². The fourth-order valence-electron chi connectivity index (χ4n) is 3.36.